The van der Waals surface area contributed by atoms with Crippen molar-refractivity contribution in [2.45, 2.75) is 32.6 Å². The van der Waals surface area contributed by atoms with Gasteiger partial charge in [0.15, 0.2) is 0 Å². The summed E-state index contributed by atoms with van der Waals surface area (Å²) >= 11 is 0. The fraction of sp³-hybridized carbons (Fsp3) is 0.333. The first-order valence-electron chi connectivity index (χ1n) is 8.35. The molecule has 0 atom stereocenters. The van der Waals surface area contributed by atoms with E-state index in [2.05, 4.69) is 66.9 Å². The lowest BCUT2D eigenvalue weighted by atomic mass is 9.98. The van der Waals surface area contributed by atoms with Gasteiger partial charge in [0.2, 0.25) is 0 Å². The van der Waals surface area contributed by atoms with Crippen LogP contribution in [-0.4, -0.2) is 13.1 Å². The average Bonchev–Trinajstić information content (AvgIpc) is 2.84. The molecule has 0 saturated carbocycles. The summed E-state index contributed by atoms with van der Waals surface area (Å²) in [5.74, 6) is 0. The molecule has 0 aliphatic carbocycles. The maximum atomic E-state index is 4.27. The Hall–Kier alpha value is -2.02. The van der Waals surface area contributed by atoms with E-state index in [-0.39, 0.29) is 0 Å². The molecule has 0 spiro atoms. The fourth-order valence-electron chi connectivity index (χ4n) is 3.12. The monoisotopic (exact) mass is 291 g/mol. The highest BCUT2D eigenvalue weighted by Crippen LogP contribution is 2.25. The Bertz CT molecular complexity index is 614. The molecule has 2 aromatic rings. The molecule has 1 fully saturated rings. The Morgan fingerprint density at radius 2 is 1.27 bits per heavy atom. The minimum absolute atomic E-state index is 1.10. The van der Waals surface area contributed by atoms with E-state index >= 15 is 0 Å². The first kappa shape index (κ1) is 14.9. The maximum absolute atomic E-state index is 4.27. The average molecular weight is 291 g/mol. The summed E-state index contributed by atoms with van der Waals surface area (Å²) in [6.07, 6.45) is 5.38. The molecule has 1 heterocycles. The van der Waals surface area contributed by atoms with Crippen molar-refractivity contribution in [3.05, 3.63) is 71.8 Å². The van der Waals surface area contributed by atoms with Crippen molar-refractivity contribution in [2.24, 2.45) is 0 Å². The van der Waals surface area contributed by atoms with Crippen molar-refractivity contribution in [3.63, 3.8) is 0 Å². The van der Waals surface area contributed by atoms with Gasteiger partial charge < -0.3 is 4.90 Å². The molecule has 0 aromatic heterocycles. The van der Waals surface area contributed by atoms with Crippen LogP contribution in [0.1, 0.15) is 42.4 Å². The summed E-state index contributed by atoms with van der Waals surface area (Å²) in [6.45, 7) is 8.77. The molecule has 0 bridgehead atoms. The number of nitrogens with zero attached hydrogens (tertiary/aromatic N) is 1. The Morgan fingerprint density at radius 3 is 1.82 bits per heavy atom. The highest BCUT2D eigenvalue weighted by Gasteiger charge is 2.10. The lowest BCUT2D eigenvalue weighted by Gasteiger charge is -2.23. The van der Waals surface area contributed by atoms with Gasteiger partial charge >= 0.3 is 0 Å². The number of anilines is 1. The van der Waals surface area contributed by atoms with E-state index < -0.39 is 0 Å². The minimum atomic E-state index is 1.10. The number of hydrogen-bond donors (Lipinski definition) is 0. The number of aryl methyl sites for hydroxylation is 1. The van der Waals surface area contributed by atoms with Crippen molar-refractivity contribution < 1.29 is 0 Å². The molecule has 1 aliphatic heterocycles. The van der Waals surface area contributed by atoms with Crippen LogP contribution in [-0.2, 0) is 0 Å². The van der Waals surface area contributed by atoms with E-state index in [1.54, 1.807) is 0 Å². The molecule has 1 aliphatic rings. The van der Waals surface area contributed by atoms with Crippen LogP contribution >= 0.6 is 0 Å². The molecule has 1 heteroatoms. The maximum Gasteiger partial charge on any atom is 0.0366 e. The third kappa shape index (κ3) is 3.41. The van der Waals surface area contributed by atoms with E-state index in [4.69, 9.17) is 0 Å². The Balaban J connectivity index is 1.75. The summed E-state index contributed by atoms with van der Waals surface area (Å²) in [5, 5.41) is 0. The minimum Gasteiger partial charge on any atom is -0.372 e. The van der Waals surface area contributed by atoms with E-state index in [0.29, 0.717) is 0 Å². The molecule has 0 amide bonds. The van der Waals surface area contributed by atoms with Gasteiger partial charge in [-0.3, -0.25) is 0 Å². The number of hydrogen-bond acceptors (Lipinski definition) is 1. The summed E-state index contributed by atoms with van der Waals surface area (Å²) in [6, 6.07) is 17.5. The van der Waals surface area contributed by atoms with Gasteiger partial charge in [-0.05, 0) is 48.6 Å². The molecular weight excluding hydrogens is 266 g/mol. The zero-order valence-corrected chi connectivity index (χ0v) is 13.5. The van der Waals surface area contributed by atoms with Crippen LogP contribution in [0, 0.1) is 6.92 Å². The van der Waals surface area contributed by atoms with Crippen LogP contribution in [0.4, 0.5) is 5.69 Å². The van der Waals surface area contributed by atoms with Gasteiger partial charge in [-0.15, -0.1) is 0 Å². The first-order valence-corrected chi connectivity index (χ1v) is 8.35. The smallest absolute Gasteiger partial charge is 0.0366 e. The van der Waals surface area contributed by atoms with E-state index in [1.165, 1.54) is 61.2 Å². The summed E-state index contributed by atoms with van der Waals surface area (Å²) in [4.78, 5) is 2.52. The van der Waals surface area contributed by atoms with Gasteiger partial charge in [-0.25, -0.2) is 0 Å². The zero-order chi connectivity index (χ0) is 15.4. The molecule has 3 rings (SSSR count). The van der Waals surface area contributed by atoms with Crippen molar-refractivity contribution >= 4 is 11.3 Å². The second kappa shape index (κ2) is 6.83. The van der Waals surface area contributed by atoms with Crippen LogP contribution < -0.4 is 4.90 Å². The molecule has 114 valence electrons. The second-order valence-electron chi connectivity index (χ2n) is 6.29. The van der Waals surface area contributed by atoms with Crippen LogP contribution in [0.15, 0.2) is 55.1 Å². The highest BCUT2D eigenvalue weighted by atomic mass is 15.1. The third-order valence-corrected chi connectivity index (χ3v) is 4.59. The van der Waals surface area contributed by atoms with Crippen molar-refractivity contribution in [3.8, 4) is 0 Å². The van der Waals surface area contributed by atoms with Gasteiger partial charge in [-0.2, -0.15) is 0 Å². The predicted octanol–water partition coefficient (Wildman–Crippen LogP) is 5.44. The summed E-state index contributed by atoms with van der Waals surface area (Å²) in [5.41, 5.74) is 6.15. The quantitative estimate of drug-likeness (QED) is 0.728. The van der Waals surface area contributed by atoms with E-state index in [1.807, 2.05) is 0 Å². The van der Waals surface area contributed by atoms with Crippen LogP contribution in [0.5, 0.6) is 0 Å². The number of benzene rings is 2. The molecule has 2 aromatic carbocycles. The van der Waals surface area contributed by atoms with Crippen molar-refractivity contribution in [2.75, 3.05) is 18.0 Å². The first-order chi connectivity index (χ1) is 10.7. The predicted molar refractivity (Wildman–Crippen MR) is 96.4 cm³/mol. The molecular formula is C21H25N. The number of rotatable bonds is 3. The molecule has 0 unspecified atom stereocenters. The topological polar surface area (TPSA) is 3.24 Å². The second-order valence-corrected chi connectivity index (χ2v) is 6.29. The van der Waals surface area contributed by atoms with E-state index in [0.717, 1.165) is 5.57 Å². The van der Waals surface area contributed by atoms with Gasteiger partial charge in [0.05, 0.1) is 0 Å². The van der Waals surface area contributed by atoms with E-state index in [9.17, 15) is 0 Å². The largest absolute Gasteiger partial charge is 0.372 e. The van der Waals surface area contributed by atoms with Crippen LogP contribution in [0.3, 0.4) is 0 Å². The lowest BCUT2D eigenvalue weighted by molar-refractivity contribution is 0.726. The Kier molecular flexibility index (Phi) is 4.62. The Labute approximate surface area is 134 Å². The lowest BCUT2D eigenvalue weighted by Crippen LogP contribution is -2.23. The summed E-state index contributed by atoms with van der Waals surface area (Å²) < 4.78 is 0. The molecule has 0 radical (unpaired) electrons. The highest BCUT2D eigenvalue weighted by molar-refractivity contribution is 5.78. The van der Waals surface area contributed by atoms with Crippen LogP contribution in [0.2, 0.25) is 0 Å². The van der Waals surface area contributed by atoms with Gasteiger partial charge in [-0.1, -0.05) is 61.4 Å². The normalized spacial score (nSPS) is 15.4. The summed E-state index contributed by atoms with van der Waals surface area (Å²) in [7, 11) is 0. The Morgan fingerprint density at radius 1 is 0.773 bits per heavy atom. The van der Waals surface area contributed by atoms with Gasteiger partial charge in [0.1, 0.15) is 0 Å². The van der Waals surface area contributed by atoms with Crippen molar-refractivity contribution in [1.29, 1.82) is 0 Å². The third-order valence-electron chi connectivity index (χ3n) is 4.59. The standard InChI is InChI=1S/C21H25N/c1-17-7-9-19(10-8-17)18(2)20-11-13-21(14-12-20)22-15-5-3-4-6-16-22/h7-14H,2-6,15-16H2,1H3. The van der Waals surface area contributed by atoms with Crippen LogP contribution in [0.25, 0.3) is 5.57 Å². The molecule has 1 saturated heterocycles. The SMILES string of the molecule is C=C(c1ccc(C)cc1)c1ccc(N2CCCCCC2)cc1. The molecule has 0 N–H and O–H groups in total. The zero-order valence-electron chi connectivity index (χ0n) is 13.5. The fourth-order valence-corrected chi connectivity index (χ4v) is 3.12. The molecule has 1 nitrogen and oxygen atoms in total. The van der Waals surface area contributed by atoms with Gasteiger partial charge in [0, 0.05) is 18.8 Å². The molecule has 22 heavy (non-hydrogen) atoms. The van der Waals surface area contributed by atoms with Gasteiger partial charge in [0.25, 0.3) is 0 Å². The van der Waals surface area contributed by atoms with Crippen molar-refractivity contribution in [1.82, 2.24) is 0 Å².